The molecule has 1 aromatic heterocycles. The van der Waals surface area contributed by atoms with Crippen molar-refractivity contribution in [2.75, 3.05) is 6.61 Å². The summed E-state index contributed by atoms with van der Waals surface area (Å²) < 4.78 is 5.99. The van der Waals surface area contributed by atoms with E-state index in [2.05, 4.69) is 11.6 Å². The largest absolute Gasteiger partial charge is 0.489 e. The number of para-hydroxylation sites is 1. The Balaban J connectivity index is 1.79. The van der Waals surface area contributed by atoms with Gasteiger partial charge in [-0.2, -0.15) is 0 Å². The number of rotatable bonds is 8. The van der Waals surface area contributed by atoms with Crippen molar-refractivity contribution in [2.24, 2.45) is 0 Å². The molecule has 0 saturated carbocycles. The number of hydrogen-bond donors (Lipinski definition) is 0. The Labute approximate surface area is 159 Å². The van der Waals surface area contributed by atoms with Crippen molar-refractivity contribution < 1.29 is 9.53 Å². The van der Waals surface area contributed by atoms with Gasteiger partial charge in [-0.3, -0.25) is 9.78 Å². The van der Waals surface area contributed by atoms with Crippen LogP contribution in [0.2, 0.25) is 0 Å². The summed E-state index contributed by atoms with van der Waals surface area (Å²) in [5.74, 6) is 0.738. The van der Waals surface area contributed by atoms with Crippen molar-refractivity contribution in [1.29, 1.82) is 0 Å². The molecule has 3 nitrogen and oxygen atoms in total. The minimum Gasteiger partial charge on any atom is -0.489 e. The molecule has 0 aliphatic carbocycles. The van der Waals surface area contributed by atoms with Gasteiger partial charge in [-0.15, -0.1) is 0 Å². The van der Waals surface area contributed by atoms with Crippen LogP contribution in [0.1, 0.15) is 11.1 Å². The number of carbonyl (C=O) groups is 1. The van der Waals surface area contributed by atoms with Crippen molar-refractivity contribution in [3.8, 4) is 16.9 Å². The third kappa shape index (κ3) is 5.02. The second-order valence-electron chi connectivity index (χ2n) is 6.00. The molecule has 0 amide bonds. The molecule has 27 heavy (non-hydrogen) atoms. The molecule has 2 aromatic carbocycles. The van der Waals surface area contributed by atoms with Crippen LogP contribution in [0.3, 0.4) is 0 Å². The molecule has 0 spiro atoms. The predicted octanol–water partition coefficient (Wildman–Crippen LogP) is 5.14. The topological polar surface area (TPSA) is 39.2 Å². The van der Waals surface area contributed by atoms with Gasteiger partial charge in [-0.25, -0.2) is 0 Å². The SMILES string of the molecule is C=CC(=O)Cc1cnccc1-c1ccccc1OCC=Cc1ccccc1. The molecule has 0 bridgehead atoms. The Morgan fingerprint density at radius 3 is 2.59 bits per heavy atom. The number of nitrogens with zero attached hydrogens (tertiary/aromatic N) is 1. The first kappa shape index (κ1) is 18.3. The molecular weight excluding hydrogens is 334 g/mol. The summed E-state index contributed by atoms with van der Waals surface area (Å²) in [5, 5.41) is 0. The quantitative estimate of drug-likeness (QED) is 0.525. The number of pyridine rings is 1. The van der Waals surface area contributed by atoms with Crippen LogP contribution in [0, 0.1) is 0 Å². The van der Waals surface area contributed by atoms with E-state index in [1.165, 1.54) is 6.08 Å². The monoisotopic (exact) mass is 355 g/mol. The van der Waals surface area contributed by atoms with E-state index < -0.39 is 0 Å². The number of ketones is 1. The first-order chi connectivity index (χ1) is 13.3. The second-order valence-corrected chi connectivity index (χ2v) is 6.00. The highest BCUT2D eigenvalue weighted by Gasteiger charge is 2.12. The fourth-order valence-corrected chi connectivity index (χ4v) is 2.79. The van der Waals surface area contributed by atoms with Gasteiger partial charge in [0.25, 0.3) is 0 Å². The zero-order valence-corrected chi connectivity index (χ0v) is 15.0. The van der Waals surface area contributed by atoms with Gasteiger partial charge < -0.3 is 4.74 Å². The lowest BCUT2D eigenvalue weighted by atomic mass is 9.97. The van der Waals surface area contributed by atoms with Crippen LogP contribution in [-0.4, -0.2) is 17.4 Å². The average Bonchev–Trinajstić information content (AvgIpc) is 2.73. The van der Waals surface area contributed by atoms with Crippen molar-refractivity contribution in [2.45, 2.75) is 6.42 Å². The van der Waals surface area contributed by atoms with Crippen molar-refractivity contribution >= 4 is 11.9 Å². The lowest BCUT2D eigenvalue weighted by Gasteiger charge is -2.13. The van der Waals surface area contributed by atoms with Gasteiger partial charge in [0.05, 0.1) is 0 Å². The van der Waals surface area contributed by atoms with E-state index >= 15 is 0 Å². The average molecular weight is 355 g/mol. The number of allylic oxidation sites excluding steroid dienone is 1. The van der Waals surface area contributed by atoms with E-state index in [4.69, 9.17) is 4.74 Å². The van der Waals surface area contributed by atoms with Crippen LogP contribution in [0.4, 0.5) is 0 Å². The standard InChI is InChI=1S/C24H21NO2/c1-2-21(26)17-20-18-25-15-14-22(20)23-12-6-7-13-24(23)27-16-8-11-19-9-4-3-5-10-19/h2-15,18H,1,16-17H2. The molecular formula is C24H21NO2. The maximum absolute atomic E-state index is 11.8. The summed E-state index contributed by atoms with van der Waals surface area (Å²) in [6.07, 6.45) is 9.08. The molecule has 0 radical (unpaired) electrons. The molecule has 0 unspecified atom stereocenters. The van der Waals surface area contributed by atoms with Crippen LogP contribution in [-0.2, 0) is 11.2 Å². The number of aromatic nitrogens is 1. The lowest BCUT2D eigenvalue weighted by Crippen LogP contribution is -2.02. The van der Waals surface area contributed by atoms with Crippen molar-refractivity contribution in [3.05, 3.63) is 103 Å². The Morgan fingerprint density at radius 2 is 1.78 bits per heavy atom. The molecule has 134 valence electrons. The molecule has 0 N–H and O–H groups in total. The Kier molecular flexibility index (Phi) is 6.31. The summed E-state index contributed by atoms with van der Waals surface area (Å²) >= 11 is 0. The van der Waals surface area contributed by atoms with Gasteiger partial charge in [0.2, 0.25) is 0 Å². The van der Waals surface area contributed by atoms with E-state index in [-0.39, 0.29) is 12.2 Å². The van der Waals surface area contributed by atoms with Gasteiger partial charge in [-0.05, 0) is 41.0 Å². The van der Waals surface area contributed by atoms with E-state index in [0.29, 0.717) is 6.61 Å². The van der Waals surface area contributed by atoms with E-state index in [9.17, 15) is 4.79 Å². The maximum Gasteiger partial charge on any atom is 0.159 e. The van der Waals surface area contributed by atoms with Crippen LogP contribution in [0.15, 0.2) is 91.8 Å². The fourth-order valence-electron chi connectivity index (χ4n) is 2.79. The lowest BCUT2D eigenvalue weighted by molar-refractivity contribution is -0.114. The third-order valence-corrected chi connectivity index (χ3v) is 4.12. The second kappa shape index (κ2) is 9.30. The van der Waals surface area contributed by atoms with E-state index in [0.717, 1.165) is 28.0 Å². The first-order valence-electron chi connectivity index (χ1n) is 8.80. The summed E-state index contributed by atoms with van der Waals surface area (Å²) in [7, 11) is 0. The smallest absolute Gasteiger partial charge is 0.159 e. The zero-order valence-electron chi connectivity index (χ0n) is 15.0. The molecule has 3 heteroatoms. The Hall–Kier alpha value is -3.46. The van der Waals surface area contributed by atoms with Crippen LogP contribution in [0.5, 0.6) is 5.75 Å². The number of ether oxygens (including phenoxy) is 1. The van der Waals surface area contributed by atoms with Gasteiger partial charge >= 0.3 is 0 Å². The van der Waals surface area contributed by atoms with Crippen LogP contribution in [0.25, 0.3) is 17.2 Å². The number of hydrogen-bond acceptors (Lipinski definition) is 3. The van der Waals surface area contributed by atoms with E-state index in [1.807, 2.05) is 72.8 Å². The van der Waals surface area contributed by atoms with Gasteiger partial charge in [-0.1, -0.05) is 61.2 Å². The first-order valence-corrected chi connectivity index (χ1v) is 8.80. The predicted molar refractivity (Wildman–Crippen MR) is 110 cm³/mol. The van der Waals surface area contributed by atoms with Crippen molar-refractivity contribution in [3.63, 3.8) is 0 Å². The van der Waals surface area contributed by atoms with Crippen molar-refractivity contribution in [1.82, 2.24) is 4.98 Å². The van der Waals surface area contributed by atoms with E-state index in [1.54, 1.807) is 12.4 Å². The number of benzene rings is 2. The highest BCUT2D eigenvalue weighted by Crippen LogP contribution is 2.32. The third-order valence-electron chi connectivity index (χ3n) is 4.12. The molecule has 0 fully saturated rings. The van der Waals surface area contributed by atoms with Crippen LogP contribution >= 0.6 is 0 Å². The normalized spacial score (nSPS) is 10.7. The minimum atomic E-state index is -0.0338. The fraction of sp³-hybridized carbons (Fsp3) is 0.0833. The molecule has 0 saturated heterocycles. The highest BCUT2D eigenvalue weighted by atomic mass is 16.5. The van der Waals surface area contributed by atoms with Gasteiger partial charge in [0.1, 0.15) is 12.4 Å². The molecule has 0 aliphatic heterocycles. The summed E-state index contributed by atoms with van der Waals surface area (Å²) in [6.45, 7) is 4.01. The molecule has 1 heterocycles. The summed E-state index contributed by atoms with van der Waals surface area (Å²) in [6, 6.07) is 19.8. The van der Waals surface area contributed by atoms with Gasteiger partial charge in [0, 0.05) is 24.4 Å². The minimum absolute atomic E-state index is 0.0338. The summed E-state index contributed by atoms with van der Waals surface area (Å²) in [5.41, 5.74) is 3.88. The Bertz CT molecular complexity index is 945. The molecule has 0 aliphatic rings. The van der Waals surface area contributed by atoms with Crippen LogP contribution < -0.4 is 4.74 Å². The number of carbonyl (C=O) groups excluding carboxylic acids is 1. The maximum atomic E-state index is 11.8. The zero-order chi connectivity index (χ0) is 18.9. The molecule has 3 rings (SSSR count). The summed E-state index contributed by atoms with van der Waals surface area (Å²) in [4.78, 5) is 16.0. The van der Waals surface area contributed by atoms with Gasteiger partial charge in [0.15, 0.2) is 5.78 Å². The highest BCUT2D eigenvalue weighted by molar-refractivity contribution is 5.92. The Morgan fingerprint density at radius 1 is 1.00 bits per heavy atom. The molecule has 3 aromatic rings. The molecule has 0 atom stereocenters.